The van der Waals surface area contributed by atoms with Gasteiger partial charge in [-0.2, -0.15) is 11.8 Å². The molecule has 0 bridgehead atoms. The minimum Gasteiger partial charge on any atom is -0.480 e. The molecule has 0 spiro atoms. The first kappa shape index (κ1) is 77.2. The summed E-state index contributed by atoms with van der Waals surface area (Å²) in [6, 6.07) is 8.07. The molecule has 24 nitrogen and oxygen atoms in total. The fraction of sp³-hybridized carbons (Fsp3) is 0.576. The molecular formula is C66H93F2IN10O14S. The summed E-state index contributed by atoms with van der Waals surface area (Å²) in [4.78, 5) is 161. The largest absolute Gasteiger partial charge is 0.480 e. The van der Waals surface area contributed by atoms with E-state index < -0.39 is 145 Å². The number of rotatable bonds is 39. The summed E-state index contributed by atoms with van der Waals surface area (Å²) < 4.78 is 33.9. The zero-order valence-electron chi connectivity index (χ0n) is 55.1. The van der Waals surface area contributed by atoms with Crippen LogP contribution in [0, 0.1) is 34.3 Å². The van der Waals surface area contributed by atoms with E-state index in [0.29, 0.717) is 34.4 Å². The SMILES string of the molecule is CCC(CC(=O)O)[C@H](NC(=O)CCNC(=O)CCSCC(=O)N(CCCNC(=O)[C@H](CC(N)=O)NC(=O)[C@H](C)NC(=O)[C@H](C)NC(=O)CCCCCN1C(=O)CC(C(C)(C)[C@@H]2CI2C)C1=O)[C@@H](c1cc(-c2cc(F)ccc2F)cn1Cc1ccccc1)C(C)(C)C)C(=O)O. The Labute approximate surface area is 559 Å². The van der Waals surface area contributed by atoms with Crippen molar-refractivity contribution in [2.45, 2.75) is 167 Å². The van der Waals surface area contributed by atoms with Crippen LogP contribution in [0.3, 0.4) is 0 Å². The van der Waals surface area contributed by atoms with Crippen molar-refractivity contribution in [1.29, 1.82) is 0 Å². The summed E-state index contributed by atoms with van der Waals surface area (Å²) >= 11 is 0.148. The van der Waals surface area contributed by atoms with Crippen molar-refractivity contribution >= 4 is 103 Å². The van der Waals surface area contributed by atoms with Gasteiger partial charge in [0, 0.05) is 73.7 Å². The fourth-order valence-corrected chi connectivity index (χ4v) is 19.9. The zero-order valence-corrected chi connectivity index (χ0v) is 58.1. The van der Waals surface area contributed by atoms with Gasteiger partial charge in [0.2, 0.25) is 41.4 Å². The van der Waals surface area contributed by atoms with Crippen LogP contribution in [0.25, 0.3) is 11.1 Å². The van der Waals surface area contributed by atoms with E-state index in [1.807, 2.05) is 55.7 Å². The molecule has 28 heteroatoms. The van der Waals surface area contributed by atoms with Gasteiger partial charge in [-0.25, -0.2) is 13.6 Å². The quantitative estimate of drug-likeness (QED) is 0.0148. The van der Waals surface area contributed by atoms with Gasteiger partial charge in [0.1, 0.15) is 35.8 Å². The fourth-order valence-electron chi connectivity index (χ4n) is 11.6. The van der Waals surface area contributed by atoms with Crippen LogP contribution < -0.4 is 37.6 Å². The first-order chi connectivity index (χ1) is 44.2. The normalized spacial score (nSPS) is 17.0. The van der Waals surface area contributed by atoms with Gasteiger partial charge in [-0.05, 0) is 55.5 Å². The van der Waals surface area contributed by atoms with Gasteiger partial charge in [0.05, 0.1) is 24.6 Å². The zero-order chi connectivity index (χ0) is 69.8. The molecule has 2 unspecified atom stereocenters. The van der Waals surface area contributed by atoms with Gasteiger partial charge in [0.15, 0.2) is 0 Å². The third-order valence-electron chi connectivity index (χ3n) is 16.9. The molecule has 2 fully saturated rings. The van der Waals surface area contributed by atoms with Crippen molar-refractivity contribution in [3.8, 4) is 11.1 Å². The van der Waals surface area contributed by atoms with E-state index in [4.69, 9.17) is 5.73 Å². The number of carbonyl (C=O) groups is 12. The number of halogens is 3. The number of aliphatic carboxylic acids is 2. The Hall–Kier alpha value is -7.50. The Bertz CT molecular complexity index is 3220. The van der Waals surface area contributed by atoms with E-state index in [1.54, 1.807) is 24.1 Å². The molecule has 518 valence electrons. The van der Waals surface area contributed by atoms with E-state index in [1.165, 1.54) is 23.2 Å². The second-order valence-corrected chi connectivity index (χ2v) is 32.9. The molecule has 0 saturated carbocycles. The van der Waals surface area contributed by atoms with Crippen LogP contribution >= 0.6 is 31.6 Å². The van der Waals surface area contributed by atoms with Crippen LogP contribution in [0.4, 0.5) is 8.78 Å². The molecule has 0 radical (unpaired) electrons. The first-order valence-corrected chi connectivity index (χ1v) is 37.7. The molecule has 0 aliphatic carbocycles. The molecule has 3 heterocycles. The van der Waals surface area contributed by atoms with Crippen LogP contribution in [0.5, 0.6) is 0 Å². The Morgan fingerprint density at radius 3 is 2.06 bits per heavy atom. The Kier molecular flexibility index (Phi) is 29.4. The number of aromatic nitrogens is 1. The molecule has 2 aliphatic heterocycles. The number of benzene rings is 2. The number of carbonyl (C=O) groups excluding carboxylic acids is 10. The smallest absolute Gasteiger partial charge is 0.326 e. The summed E-state index contributed by atoms with van der Waals surface area (Å²) in [6.07, 6.45) is 2.27. The van der Waals surface area contributed by atoms with Crippen LogP contribution in [0.1, 0.15) is 143 Å². The number of thioether (sulfide) groups is 1. The molecule has 2 aliphatic rings. The average Bonchev–Trinajstić information content (AvgIpc) is 1.60. The monoisotopic (exact) mass is 1450 g/mol. The second kappa shape index (κ2) is 35.8. The number of likely N-dealkylation sites (tertiary alicyclic amines) is 1. The summed E-state index contributed by atoms with van der Waals surface area (Å²) in [5, 5.41) is 34.1. The third kappa shape index (κ3) is 23.2. The molecule has 2 aromatic carbocycles. The predicted octanol–water partition coefficient (Wildman–Crippen LogP) is 5.45. The van der Waals surface area contributed by atoms with Gasteiger partial charge in [0.25, 0.3) is 0 Å². The average molecular weight is 1450 g/mol. The molecule has 3 aromatic rings. The molecule has 8 atom stereocenters. The minimum absolute atomic E-state index is 0.0147. The predicted molar refractivity (Wildman–Crippen MR) is 359 cm³/mol. The standard InChI is InChI=1S/C66H93F2IN10O14S/c1-10-42(31-57(86)87)58(64(92)93)76-54(83)23-26-71-52(81)24-29-94-38-56(85)78(59(65(4,5)6)49-30-43(45-32-44(67)21-22-47(45)68)37-77(49)36-41-18-13-11-14-19-41)28-17-25-72-62(90)48(34-51(70)80)75-61(89)40(3)74-60(88)39(2)73-53(82)20-15-12-16-27-79-55(84)33-46(63(79)91)66(7,8)50-35-69(50)9/h11,13-14,18-19,21-22,30,32,37,39-40,42,46,48,50,58-59H,10,12,15-17,20,23-29,31,33-36,38H2,1-9H3,(H2,70,80)(H,71,81)(H,72,90)(H,73,82)(H,74,88)(H,75,89)(H,76,83)(H,86,87)(H,92,93)/t39-,40-,42?,46?,48-,50-,58-,59-/m0/s1. The second-order valence-electron chi connectivity index (χ2n) is 25.7. The number of unbranched alkanes of at least 4 members (excludes halogenated alkanes) is 2. The van der Waals surface area contributed by atoms with E-state index in [9.17, 15) is 72.1 Å². The van der Waals surface area contributed by atoms with E-state index in [2.05, 4.69) is 50.7 Å². The number of carboxylic acid groups (broad SMARTS) is 2. The van der Waals surface area contributed by atoms with Crippen LogP contribution in [0.15, 0.2) is 60.8 Å². The molecule has 2 saturated heterocycles. The van der Waals surface area contributed by atoms with Crippen molar-refractivity contribution in [2.75, 3.05) is 47.0 Å². The summed E-state index contributed by atoms with van der Waals surface area (Å²) in [5.74, 6) is -10.8. The van der Waals surface area contributed by atoms with Crippen LogP contribution in [0.2, 0.25) is 0 Å². The number of hydrogen-bond acceptors (Lipinski definition) is 13. The Morgan fingerprint density at radius 1 is 0.777 bits per heavy atom. The van der Waals surface area contributed by atoms with Crippen molar-refractivity contribution < 1.29 is 76.5 Å². The Balaban J connectivity index is 1.21. The molecule has 1 aromatic heterocycles. The topological polar surface area (TPSA) is 355 Å². The molecule has 5 rings (SSSR count). The number of primary amides is 1. The number of nitrogens with two attached hydrogens (primary N) is 1. The molecule has 10 N–H and O–H groups in total. The maximum atomic E-state index is 15.5. The van der Waals surface area contributed by atoms with Crippen molar-refractivity contribution in [3.05, 3.63) is 83.7 Å². The number of amides is 10. The number of imide groups is 1. The van der Waals surface area contributed by atoms with E-state index >= 15 is 4.39 Å². The van der Waals surface area contributed by atoms with Gasteiger partial charge < -0.3 is 52.0 Å². The maximum Gasteiger partial charge on any atom is 0.326 e. The van der Waals surface area contributed by atoms with E-state index in [-0.39, 0.29) is 111 Å². The first-order valence-electron chi connectivity index (χ1n) is 31.7. The summed E-state index contributed by atoms with van der Waals surface area (Å²) in [6.45, 7) is 14.5. The third-order valence-corrected chi connectivity index (χ3v) is 23.6. The number of nitrogens with one attached hydrogen (secondary N) is 6. The van der Waals surface area contributed by atoms with Crippen LogP contribution in [-0.2, 0) is 64.1 Å². The summed E-state index contributed by atoms with van der Waals surface area (Å²) in [5.41, 5.74) is 6.30. The van der Waals surface area contributed by atoms with Crippen molar-refractivity contribution in [1.82, 2.24) is 46.3 Å². The number of nitrogens with zero attached hydrogens (tertiary/aromatic N) is 3. The van der Waals surface area contributed by atoms with Crippen LogP contribution in [-0.4, -0.2) is 171 Å². The van der Waals surface area contributed by atoms with E-state index in [0.717, 1.165) is 35.5 Å². The van der Waals surface area contributed by atoms with Gasteiger partial charge >= 0.3 is 151 Å². The number of hydrogen-bond donors (Lipinski definition) is 9. The molecule has 94 heavy (non-hydrogen) atoms. The van der Waals surface area contributed by atoms with Gasteiger partial charge in [-0.3, -0.25) is 38.4 Å². The number of carboxylic acids is 2. The molecular weight excluding hydrogens is 1350 g/mol. The van der Waals surface area contributed by atoms with Gasteiger partial charge in [-0.1, -0.05) is 64.4 Å². The van der Waals surface area contributed by atoms with Crippen molar-refractivity contribution in [2.24, 2.45) is 28.4 Å². The van der Waals surface area contributed by atoms with Gasteiger partial charge in [-0.15, -0.1) is 0 Å². The maximum absolute atomic E-state index is 15.5. The minimum atomic E-state index is -1.51. The Morgan fingerprint density at radius 2 is 1.44 bits per heavy atom. The number of alkyl halides is 3. The molecule has 10 amide bonds. The van der Waals surface area contributed by atoms with Crippen molar-refractivity contribution in [3.63, 3.8) is 0 Å². The summed E-state index contributed by atoms with van der Waals surface area (Å²) in [7, 11) is 0.